The van der Waals surface area contributed by atoms with Crippen LogP contribution in [0.2, 0.25) is 0 Å². The monoisotopic (exact) mass is 390 g/mol. The molecule has 6 heteroatoms. The predicted octanol–water partition coefficient (Wildman–Crippen LogP) is 4.81. The summed E-state index contributed by atoms with van der Waals surface area (Å²) in [5, 5.41) is 8.17. The Morgan fingerprint density at radius 3 is 2.57 bits per heavy atom. The third kappa shape index (κ3) is 4.84. The lowest BCUT2D eigenvalue weighted by Gasteiger charge is -2.04. The Morgan fingerprint density at radius 2 is 1.78 bits per heavy atom. The molecule has 0 spiro atoms. The molecular formula is C17H15BrN2O2S. The largest absolute Gasteiger partial charge is 0.493 e. The molecule has 0 unspecified atom stereocenters. The molecule has 2 aromatic carbocycles. The SMILES string of the molecule is Brc1ccc(-c2nnc(CSCCOc3ccccc3)o2)cc1. The van der Waals surface area contributed by atoms with Crippen LogP contribution >= 0.6 is 27.7 Å². The van der Waals surface area contributed by atoms with Crippen LogP contribution in [0.25, 0.3) is 11.5 Å². The van der Waals surface area contributed by atoms with Gasteiger partial charge in [-0.3, -0.25) is 0 Å². The molecule has 23 heavy (non-hydrogen) atoms. The van der Waals surface area contributed by atoms with Crippen molar-refractivity contribution in [3.63, 3.8) is 0 Å². The van der Waals surface area contributed by atoms with Crippen molar-refractivity contribution in [2.24, 2.45) is 0 Å². The van der Waals surface area contributed by atoms with Crippen LogP contribution in [0.5, 0.6) is 5.75 Å². The van der Waals surface area contributed by atoms with Crippen molar-refractivity contribution in [1.82, 2.24) is 10.2 Å². The summed E-state index contributed by atoms with van der Waals surface area (Å²) >= 11 is 5.11. The minimum Gasteiger partial charge on any atom is -0.493 e. The molecule has 1 heterocycles. The van der Waals surface area contributed by atoms with E-state index in [0.717, 1.165) is 21.5 Å². The number of para-hydroxylation sites is 1. The van der Waals surface area contributed by atoms with Crippen LogP contribution in [-0.2, 0) is 5.75 Å². The number of nitrogens with zero attached hydrogens (tertiary/aromatic N) is 2. The normalized spacial score (nSPS) is 10.7. The maximum Gasteiger partial charge on any atom is 0.247 e. The van der Waals surface area contributed by atoms with E-state index in [1.165, 1.54) is 0 Å². The molecule has 0 atom stereocenters. The van der Waals surface area contributed by atoms with Crippen molar-refractivity contribution in [3.8, 4) is 17.2 Å². The fourth-order valence-corrected chi connectivity index (χ4v) is 2.82. The number of hydrogen-bond donors (Lipinski definition) is 0. The van der Waals surface area contributed by atoms with Crippen LogP contribution in [0.4, 0.5) is 0 Å². The Morgan fingerprint density at radius 1 is 1.00 bits per heavy atom. The average molecular weight is 391 g/mol. The summed E-state index contributed by atoms with van der Waals surface area (Å²) in [6.45, 7) is 0.655. The molecule has 0 radical (unpaired) electrons. The van der Waals surface area contributed by atoms with Gasteiger partial charge in [-0.2, -0.15) is 0 Å². The third-order valence-electron chi connectivity index (χ3n) is 3.02. The van der Waals surface area contributed by atoms with E-state index >= 15 is 0 Å². The van der Waals surface area contributed by atoms with Crippen molar-refractivity contribution in [3.05, 3.63) is 65.0 Å². The van der Waals surface area contributed by atoms with Crippen LogP contribution in [0.15, 0.2) is 63.5 Å². The van der Waals surface area contributed by atoms with E-state index in [-0.39, 0.29) is 0 Å². The van der Waals surface area contributed by atoms with Gasteiger partial charge < -0.3 is 9.15 Å². The van der Waals surface area contributed by atoms with E-state index in [1.807, 2.05) is 54.6 Å². The zero-order chi connectivity index (χ0) is 15.9. The summed E-state index contributed by atoms with van der Waals surface area (Å²) in [6.07, 6.45) is 0. The fraction of sp³-hybridized carbons (Fsp3) is 0.176. The summed E-state index contributed by atoms with van der Waals surface area (Å²) in [5.74, 6) is 3.62. The van der Waals surface area contributed by atoms with Gasteiger partial charge in [0.15, 0.2) is 0 Å². The molecule has 0 N–H and O–H groups in total. The molecule has 0 amide bonds. The van der Waals surface area contributed by atoms with Crippen molar-refractivity contribution in [2.75, 3.05) is 12.4 Å². The van der Waals surface area contributed by atoms with E-state index < -0.39 is 0 Å². The predicted molar refractivity (Wildman–Crippen MR) is 95.5 cm³/mol. The lowest BCUT2D eigenvalue weighted by atomic mass is 10.2. The Bertz CT molecular complexity index is 732. The highest BCUT2D eigenvalue weighted by Crippen LogP contribution is 2.22. The molecule has 0 aliphatic heterocycles. The van der Waals surface area contributed by atoms with Crippen LogP contribution in [0.3, 0.4) is 0 Å². The molecule has 0 fully saturated rings. The molecule has 0 aliphatic carbocycles. The molecule has 1 aromatic heterocycles. The first-order chi connectivity index (χ1) is 11.3. The van der Waals surface area contributed by atoms with E-state index in [2.05, 4.69) is 26.1 Å². The third-order valence-corrected chi connectivity index (χ3v) is 4.46. The average Bonchev–Trinajstić information content (AvgIpc) is 3.05. The molecule has 0 saturated carbocycles. The Kier molecular flexibility index (Phi) is 5.71. The van der Waals surface area contributed by atoms with Crippen LogP contribution < -0.4 is 4.74 Å². The van der Waals surface area contributed by atoms with Gasteiger partial charge in [0.2, 0.25) is 11.8 Å². The zero-order valence-electron chi connectivity index (χ0n) is 12.3. The number of ether oxygens (including phenoxy) is 1. The Hall–Kier alpha value is -1.79. The van der Waals surface area contributed by atoms with Gasteiger partial charge in [0.05, 0.1) is 12.4 Å². The van der Waals surface area contributed by atoms with Crippen molar-refractivity contribution in [1.29, 1.82) is 0 Å². The molecule has 0 bridgehead atoms. The highest BCUT2D eigenvalue weighted by Gasteiger charge is 2.08. The standard InChI is InChI=1S/C17H15BrN2O2S/c18-14-8-6-13(7-9-14)17-20-19-16(22-17)12-23-11-10-21-15-4-2-1-3-5-15/h1-9H,10-12H2. The lowest BCUT2D eigenvalue weighted by Crippen LogP contribution is -2.00. The maximum absolute atomic E-state index is 5.68. The van der Waals surface area contributed by atoms with E-state index in [4.69, 9.17) is 9.15 Å². The van der Waals surface area contributed by atoms with Gasteiger partial charge >= 0.3 is 0 Å². The van der Waals surface area contributed by atoms with Crippen LogP contribution in [0, 0.1) is 0 Å². The molecular weight excluding hydrogens is 376 g/mol. The van der Waals surface area contributed by atoms with E-state index in [1.54, 1.807) is 11.8 Å². The van der Waals surface area contributed by atoms with Gasteiger partial charge in [0.25, 0.3) is 0 Å². The highest BCUT2D eigenvalue weighted by molar-refractivity contribution is 9.10. The second kappa shape index (κ2) is 8.17. The molecule has 3 rings (SSSR count). The van der Waals surface area contributed by atoms with Crippen molar-refractivity contribution in [2.45, 2.75) is 5.75 Å². The first-order valence-corrected chi connectivity index (χ1v) is 9.10. The number of thioether (sulfide) groups is 1. The molecule has 4 nitrogen and oxygen atoms in total. The minimum absolute atomic E-state index is 0.550. The van der Waals surface area contributed by atoms with Gasteiger partial charge in [-0.15, -0.1) is 22.0 Å². The molecule has 3 aromatic rings. The summed E-state index contributed by atoms with van der Waals surface area (Å²) in [4.78, 5) is 0. The number of benzene rings is 2. The topological polar surface area (TPSA) is 48.2 Å². The van der Waals surface area contributed by atoms with Crippen LogP contribution in [-0.4, -0.2) is 22.6 Å². The van der Waals surface area contributed by atoms with Crippen LogP contribution in [0.1, 0.15) is 5.89 Å². The van der Waals surface area contributed by atoms with E-state index in [0.29, 0.717) is 24.1 Å². The first kappa shape index (κ1) is 16.1. The Labute approximate surface area is 147 Å². The highest BCUT2D eigenvalue weighted by atomic mass is 79.9. The van der Waals surface area contributed by atoms with E-state index in [9.17, 15) is 0 Å². The van der Waals surface area contributed by atoms with Gasteiger partial charge in [-0.05, 0) is 36.4 Å². The molecule has 0 saturated heterocycles. The van der Waals surface area contributed by atoms with Gasteiger partial charge in [0.1, 0.15) is 5.75 Å². The quantitative estimate of drug-likeness (QED) is 0.541. The zero-order valence-corrected chi connectivity index (χ0v) is 14.7. The number of hydrogen-bond acceptors (Lipinski definition) is 5. The first-order valence-electron chi connectivity index (χ1n) is 7.15. The number of rotatable bonds is 7. The lowest BCUT2D eigenvalue weighted by molar-refractivity contribution is 0.344. The molecule has 118 valence electrons. The molecule has 0 aliphatic rings. The van der Waals surface area contributed by atoms with Gasteiger partial charge in [-0.1, -0.05) is 34.1 Å². The summed E-state index contributed by atoms with van der Waals surface area (Å²) in [5.41, 5.74) is 0.921. The Balaban J connectivity index is 1.43. The fourth-order valence-electron chi connectivity index (χ4n) is 1.92. The van der Waals surface area contributed by atoms with Gasteiger partial charge in [0, 0.05) is 15.8 Å². The summed E-state index contributed by atoms with van der Waals surface area (Å²) < 4.78 is 12.3. The second-order valence-electron chi connectivity index (χ2n) is 4.72. The number of aromatic nitrogens is 2. The minimum atomic E-state index is 0.550. The van der Waals surface area contributed by atoms with Gasteiger partial charge in [-0.25, -0.2) is 0 Å². The summed E-state index contributed by atoms with van der Waals surface area (Å²) in [6, 6.07) is 17.6. The summed E-state index contributed by atoms with van der Waals surface area (Å²) in [7, 11) is 0. The van der Waals surface area contributed by atoms with Crippen molar-refractivity contribution < 1.29 is 9.15 Å². The maximum atomic E-state index is 5.68. The smallest absolute Gasteiger partial charge is 0.247 e. The number of halogens is 1. The van der Waals surface area contributed by atoms with Crippen molar-refractivity contribution >= 4 is 27.7 Å². The second-order valence-corrected chi connectivity index (χ2v) is 6.74.